The van der Waals surface area contributed by atoms with E-state index < -0.39 is 0 Å². The van der Waals surface area contributed by atoms with Gasteiger partial charge in [-0.25, -0.2) is 0 Å². The van der Waals surface area contributed by atoms with Crippen molar-refractivity contribution in [2.75, 3.05) is 6.73 Å². The van der Waals surface area contributed by atoms with Crippen LogP contribution >= 0.6 is 0 Å². The molecule has 0 radical (unpaired) electrons. The van der Waals surface area contributed by atoms with E-state index in [9.17, 15) is 4.79 Å². The highest BCUT2D eigenvalue weighted by molar-refractivity contribution is 5.45. The van der Waals surface area contributed by atoms with E-state index >= 15 is 0 Å². The Bertz CT molecular complexity index is 75.5. The Morgan fingerprint density at radius 1 is 1.78 bits per heavy atom. The van der Waals surface area contributed by atoms with Crippen LogP contribution in [0.25, 0.3) is 0 Å². The standard InChI is InChI=1S/C6H13NO2/c1-3-6(2)9-5-7-4-8/h4,6H,3,5H2,1-2H3,(H,7,8). The van der Waals surface area contributed by atoms with Crippen LogP contribution in [0.4, 0.5) is 0 Å². The molecule has 3 heteroatoms. The van der Waals surface area contributed by atoms with Crippen LogP contribution in [0.2, 0.25) is 0 Å². The van der Waals surface area contributed by atoms with Gasteiger partial charge in [-0.3, -0.25) is 4.79 Å². The van der Waals surface area contributed by atoms with Crippen molar-refractivity contribution in [3.05, 3.63) is 0 Å². The number of hydrogen-bond acceptors (Lipinski definition) is 2. The van der Waals surface area contributed by atoms with Gasteiger partial charge in [0.05, 0.1) is 6.10 Å². The monoisotopic (exact) mass is 131 g/mol. The predicted octanol–water partition coefficient (Wildman–Crippen LogP) is 0.505. The molecule has 1 unspecified atom stereocenters. The van der Waals surface area contributed by atoms with Crippen LogP contribution in [0.5, 0.6) is 0 Å². The van der Waals surface area contributed by atoms with Gasteiger partial charge in [0, 0.05) is 0 Å². The largest absolute Gasteiger partial charge is 0.358 e. The molecule has 0 bridgehead atoms. The average Bonchev–Trinajstić information content (AvgIpc) is 1.89. The zero-order valence-corrected chi connectivity index (χ0v) is 5.89. The van der Waals surface area contributed by atoms with Crippen LogP contribution in [0.1, 0.15) is 20.3 Å². The van der Waals surface area contributed by atoms with E-state index in [-0.39, 0.29) is 6.10 Å². The fourth-order valence-corrected chi connectivity index (χ4v) is 0.342. The van der Waals surface area contributed by atoms with Gasteiger partial charge in [-0.15, -0.1) is 0 Å². The number of hydrogen-bond donors (Lipinski definition) is 1. The fourth-order valence-electron chi connectivity index (χ4n) is 0.342. The van der Waals surface area contributed by atoms with Crippen molar-refractivity contribution in [3.8, 4) is 0 Å². The molecule has 54 valence electrons. The zero-order chi connectivity index (χ0) is 7.11. The first-order valence-electron chi connectivity index (χ1n) is 3.10. The summed E-state index contributed by atoms with van der Waals surface area (Å²) < 4.78 is 5.09. The molecule has 0 aromatic heterocycles. The Labute approximate surface area is 55.4 Å². The van der Waals surface area contributed by atoms with Gasteiger partial charge in [0.25, 0.3) is 0 Å². The molecule has 0 heterocycles. The van der Waals surface area contributed by atoms with Crippen LogP contribution in [0, 0.1) is 0 Å². The molecule has 0 aromatic carbocycles. The van der Waals surface area contributed by atoms with E-state index in [4.69, 9.17) is 4.74 Å². The number of nitrogens with one attached hydrogen (secondary N) is 1. The number of amides is 1. The van der Waals surface area contributed by atoms with E-state index in [1.54, 1.807) is 0 Å². The molecule has 0 spiro atoms. The molecule has 0 aromatic rings. The maximum Gasteiger partial charge on any atom is 0.208 e. The summed E-state index contributed by atoms with van der Waals surface area (Å²) in [6.07, 6.45) is 1.83. The minimum absolute atomic E-state index is 0.234. The topological polar surface area (TPSA) is 38.3 Å². The third kappa shape index (κ3) is 5.30. The van der Waals surface area contributed by atoms with E-state index in [0.717, 1.165) is 6.42 Å². The number of carbonyl (C=O) groups is 1. The van der Waals surface area contributed by atoms with Gasteiger partial charge in [-0.05, 0) is 13.3 Å². The second-order valence-corrected chi connectivity index (χ2v) is 1.85. The van der Waals surface area contributed by atoms with E-state index in [1.165, 1.54) is 0 Å². The molecular formula is C6H13NO2. The van der Waals surface area contributed by atoms with Gasteiger partial charge in [-0.1, -0.05) is 6.92 Å². The van der Waals surface area contributed by atoms with Crippen LogP contribution in [-0.2, 0) is 9.53 Å². The second-order valence-electron chi connectivity index (χ2n) is 1.85. The van der Waals surface area contributed by atoms with Crippen LogP contribution in [0.15, 0.2) is 0 Å². The molecule has 0 saturated heterocycles. The first kappa shape index (κ1) is 8.43. The highest BCUT2D eigenvalue weighted by Gasteiger charge is 1.94. The maximum absolute atomic E-state index is 9.68. The SMILES string of the molecule is CCC(C)OCNC=O. The van der Waals surface area contributed by atoms with E-state index in [2.05, 4.69) is 5.32 Å². The van der Waals surface area contributed by atoms with Crippen molar-refractivity contribution in [3.63, 3.8) is 0 Å². The zero-order valence-electron chi connectivity index (χ0n) is 5.89. The average molecular weight is 131 g/mol. The lowest BCUT2D eigenvalue weighted by atomic mass is 10.3. The highest BCUT2D eigenvalue weighted by Crippen LogP contribution is 1.92. The molecule has 1 atom stereocenters. The van der Waals surface area contributed by atoms with Crippen molar-refractivity contribution >= 4 is 6.41 Å². The summed E-state index contributed by atoms with van der Waals surface area (Å²) in [5, 5.41) is 2.41. The fraction of sp³-hybridized carbons (Fsp3) is 0.833. The summed E-state index contributed by atoms with van der Waals surface area (Å²) in [5.74, 6) is 0. The number of ether oxygens (including phenoxy) is 1. The van der Waals surface area contributed by atoms with Crippen LogP contribution in [0.3, 0.4) is 0 Å². The predicted molar refractivity (Wildman–Crippen MR) is 34.9 cm³/mol. The van der Waals surface area contributed by atoms with Crippen molar-refractivity contribution in [2.24, 2.45) is 0 Å². The molecule has 3 nitrogen and oxygen atoms in total. The lowest BCUT2D eigenvalue weighted by molar-refractivity contribution is -0.111. The molecule has 0 fully saturated rings. The lowest BCUT2D eigenvalue weighted by Gasteiger charge is -2.08. The van der Waals surface area contributed by atoms with Crippen molar-refractivity contribution in [1.29, 1.82) is 0 Å². The molecule has 0 aliphatic rings. The quantitative estimate of drug-likeness (QED) is 0.335. The maximum atomic E-state index is 9.68. The van der Waals surface area contributed by atoms with E-state index in [1.807, 2.05) is 13.8 Å². The second kappa shape index (κ2) is 5.56. The summed E-state index contributed by atoms with van der Waals surface area (Å²) in [5.41, 5.74) is 0. The highest BCUT2D eigenvalue weighted by atomic mass is 16.5. The van der Waals surface area contributed by atoms with Gasteiger partial charge in [0.15, 0.2) is 0 Å². The first-order valence-corrected chi connectivity index (χ1v) is 3.10. The van der Waals surface area contributed by atoms with Crippen LogP contribution in [-0.4, -0.2) is 19.2 Å². The van der Waals surface area contributed by atoms with Gasteiger partial charge >= 0.3 is 0 Å². The van der Waals surface area contributed by atoms with Gasteiger partial charge < -0.3 is 10.1 Å². The number of rotatable bonds is 5. The molecule has 0 rings (SSSR count). The normalized spacial score (nSPS) is 12.7. The Balaban J connectivity index is 2.96. The van der Waals surface area contributed by atoms with Crippen molar-refractivity contribution < 1.29 is 9.53 Å². The summed E-state index contributed by atoms with van der Waals surface area (Å²) in [6, 6.07) is 0. The molecule has 9 heavy (non-hydrogen) atoms. The Morgan fingerprint density at radius 2 is 2.44 bits per heavy atom. The smallest absolute Gasteiger partial charge is 0.208 e. The molecule has 0 aliphatic heterocycles. The van der Waals surface area contributed by atoms with Gasteiger partial charge in [0.1, 0.15) is 6.73 Å². The van der Waals surface area contributed by atoms with Crippen molar-refractivity contribution in [1.82, 2.24) is 5.32 Å². The summed E-state index contributed by atoms with van der Waals surface area (Å²) in [6.45, 7) is 4.32. The minimum atomic E-state index is 0.234. The molecule has 0 aliphatic carbocycles. The Kier molecular flexibility index (Phi) is 5.21. The summed E-state index contributed by atoms with van der Waals surface area (Å²) in [7, 11) is 0. The summed E-state index contributed by atoms with van der Waals surface area (Å²) >= 11 is 0. The van der Waals surface area contributed by atoms with Gasteiger partial charge in [-0.2, -0.15) is 0 Å². The van der Waals surface area contributed by atoms with Gasteiger partial charge in [0.2, 0.25) is 6.41 Å². The molecule has 1 amide bonds. The molecule has 1 N–H and O–H groups in total. The van der Waals surface area contributed by atoms with E-state index in [0.29, 0.717) is 13.1 Å². The first-order chi connectivity index (χ1) is 4.31. The lowest BCUT2D eigenvalue weighted by Crippen LogP contribution is -2.19. The Morgan fingerprint density at radius 3 is 2.89 bits per heavy atom. The third-order valence-electron chi connectivity index (χ3n) is 1.11. The minimum Gasteiger partial charge on any atom is -0.358 e. The molecule has 0 saturated carbocycles. The van der Waals surface area contributed by atoms with Crippen LogP contribution < -0.4 is 5.32 Å². The number of carbonyl (C=O) groups excluding carboxylic acids is 1. The third-order valence-corrected chi connectivity index (χ3v) is 1.11. The molecular weight excluding hydrogens is 118 g/mol. The van der Waals surface area contributed by atoms with Crippen molar-refractivity contribution in [2.45, 2.75) is 26.4 Å². The summed E-state index contributed by atoms with van der Waals surface area (Å²) in [4.78, 5) is 9.68. The Hall–Kier alpha value is -0.570.